The molecule has 0 radical (unpaired) electrons. The van der Waals surface area contributed by atoms with Gasteiger partial charge in [-0.25, -0.2) is 0 Å². The number of aryl methyl sites for hydroxylation is 1. The van der Waals surface area contributed by atoms with Crippen LogP contribution in [-0.4, -0.2) is 11.7 Å². The third-order valence-corrected chi connectivity index (χ3v) is 5.41. The van der Waals surface area contributed by atoms with Crippen molar-refractivity contribution in [1.82, 2.24) is 0 Å². The number of ketones is 1. The standard InChI is InChI=1S/C25H24N2O2/c1-16-9-10-17(24(29)27-19-7-5-4-6-8-19)14-22(16)26-20-11-12-21-18(13-20)15-25(2,3)23(21)28/h4-14,26H,15H2,1-3H3,(H,27,29). The molecule has 0 fully saturated rings. The van der Waals surface area contributed by atoms with Crippen LogP contribution in [0.3, 0.4) is 0 Å². The second-order valence-corrected chi connectivity index (χ2v) is 8.24. The molecule has 0 bridgehead atoms. The van der Waals surface area contributed by atoms with Crippen LogP contribution in [0, 0.1) is 12.3 Å². The zero-order chi connectivity index (χ0) is 20.6. The average Bonchev–Trinajstić information content (AvgIpc) is 2.92. The van der Waals surface area contributed by atoms with Gasteiger partial charge >= 0.3 is 0 Å². The molecule has 3 aromatic rings. The summed E-state index contributed by atoms with van der Waals surface area (Å²) in [5.41, 5.74) is 5.71. The molecular formula is C25H24N2O2. The Bertz CT molecular complexity index is 1100. The molecule has 4 rings (SSSR count). The van der Waals surface area contributed by atoms with Crippen molar-refractivity contribution in [2.75, 3.05) is 10.6 Å². The lowest BCUT2D eigenvalue weighted by atomic mass is 9.89. The molecule has 2 N–H and O–H groups in total. The Morgan fingerprint density at radius 2 is 1.69 bits per heavy atom. The summed E-state index contributed by atoms with van der Waals surface area (Å²) in [6.45, 7) is 5.98. The predicted molar refractivity (Wildman–Crippen MR) is 117 cm³/mol. The summed E-state index contributed by atoms with van der Waals surface area (Å²) in [6, 6.07) is 20.9. The largest absolute Gasteiger partial charge is 0.355 e. The fourth-order valence-corrected chi connectivity index (χ4v) is 3.74. The molecule has 0 aromatic heterocycles. The van der Waals surface area contributed by atoms with Crippen LogP contribution in [-0.2, 0) is 6.42 Å². The molecule has 0 saturated heterocycles. The van der Waals surface area contributed by atoms with Crippen LogP contribution in [0.15, 0.2) is 66.7 Å². The third kappa shape index (κ3) is 3.79. The van der Waals surface area contributed by atoms with E-state index in [2.05, 4.69) is 10.6 Å². The molecule has 0 aliphatic heterocycles. The zero-order valence-corrected chi connectivity index (χ0v) is 16.9. The lowest BCUT2D eigenvalue weighted by molar-refractivity contribution is 0.0863. The number of carbonyl (C=O) groups excluding carboxylic acids is 2. The second-order valence-electron chi connectivity index (χ2n) is 8.24. The summed E-state index contributed by atoms with van der Waals surface area (Å²) in [4.78, 5) is 25.1. The van der Waals surface area contributed by atoms with Crippen molar-refractivity contribution in [3.05, 3.63) is 89.0 Å². The fourth-order valence-electron chi connectivity index (χ4n) is 3.74. The van der Waals surface area contributed by atoms with E-state index in [-0.39, 0.29) is 17.1 Å². The van der Waals surface area contributed by atoms with E-state index in [1.54, 1.807) is 0 Å². The van der Waals surface area contributed by atoms with Crippen molar-refractivity contribution in [2.45, 2.75) is 27.2 Å². The number of amides is 1. The predicted octanol–water partition coefficient (Wildman–Crippen LogP) is 5.76. The molecule has 1 aliphatic carbocycles. The van der Waals surface area contributed by atoms with Gasteiger partial charge in [0.2, 0.25) is 0 Å². The molecule has 0 unspecified atom stereocenters. The lowest BCUT2D eigenvalue weighted by Crippen LogP contribution is -2.18. The number of benzene rings is 3. The van der Waals surface area contributed by atoms with Gasteiger partial charge in [-0.2, -0.15) is 0 Å². The van der Waals surface area contributed by atoms with Crippen LogP contribution in [0.1, 0.15) is 45.7 Å². The highest BCUT2D eigenvalue weighted by molar-refractivity contribution is 6.05. The van der Waals surface area contributed by atoms with Gasteiger partial charge in [0.1, 0.15) is 0 Å². The highest BCUT2D eigenvalue weighted by Crippen LogP contribution is 2.37. The third-order valence-electron chi connectivity index (χ3n) is 5.41. The van der Waals surface area contributed by atoms with E-state index in [1.165, 1.54) is 0 Å². The Balaban J connectivity index is 1.56. The maximum atomic E-state index is 12.6. The first-order chi connectivity index (χ1) is 13.8. The van der Waals surface area contributed by atoms with Crippen molar-refractivity contribution in [1.29, 1.82) is 0 Å². The van der Waals surface area contributed by atoms with Gasteiger partial charge in [-0.1, -0.05) is 38.1 Å². The number of para-hydroxylation sites is 1. The summed E-state index contributed by atoms with van der Waals surface area (Å²) in [5.74, 6) is 0.0513. The first-order valence-electron chi connectivity index (χ1n) is 9.75. The Labute approximate surface area is 171 Å². The quantitative estimate of drug-likeness (QED) is 0.602. The Morgan fingerprint density at radius 1 is 0.931 bits per heavy atom. The molecule has 0 heterocycles. The van der Waals surface area contributed by atoms with Gasteiger partial charge in [-0.15, -0.1) is 0 Å². The number of nitrogens with one attached hydrogen (secondary N) is 2. The van der Waals surface area contributed by atoms with Gasteiger partial charge in [0.05, 0.1) is 0 Å². The molecule has 3 aromatic carbocycles. The molecule has 4 nitrogen and oxygen atoms in total. The average molecular weight is 384 g/mol. The van der Waals surface area contributed by atoms with Crippen LogP contribution >= 0.6 is 0 Å². The molecule has 29 heavy (non-hydrogen) atoms. The van der Waals surface area contributed by atoms with Gasteiger partial charge in [-0.05, 0) is 66.9 Å². The molecule has 0 spiro atoms. The Hall–Kier alpha value is -3.40. The van der Waals surface area contributed by atoms with Crippen LogP contribution in [0.2, 0.25) is 0 Å². The van der Waals surface area contributed by atoms with Gasteiger partial charge in [0.15, 0.2) is 5.78 Å². The SMILES string of the molecule is Cc1ccc(C(=O)Nc2ccccc2)cc1Nc1ccc2c(c1)CC(C)(C)C2=O. The Morgan fingerprint density at radius 3 is 2.45 bits per heavy atom. The maximum absolute atomic E-state index is 12.6. The summed E-state index contributed by atoms with van der Waals surface area (Å²) in [6.07, 6.45) is 0.745. The molecule has 0 atom stereocenters. The van der Waals surface area contributed by atoms with Crippen LogP contribution in [0.4, 0.5) is 17.1 Å². The van der Waals surface area contributed by atoms with Crippen LogP contribution in [0.5, 0.6) is 0 Å². The van der Waals surface area contributed by atoms with Gasteiger partial charge < -0.3 is 10.6 Å². The monoisotopic (exact) mass is 384 g/mol. The van der Waals surface area contributed by atoms with Crippen molar-refractivity contribution in [3.63, 3.8) is 0 Å². The van der Waals surface area contributed by atoms with Crippen LogP contribution in [0.25, 0.3) is 0 Å². The van der Waals surface area contributed by atoms with E-state index in [0.717, 1.165) is 40.2 Å². The summed E-state index contributed by atoms with van der Waals surface area (Å²) in [7, 11) is 0. The van der Waals surface area contributed by atoms with Gasteiger partial charge in [-0.3, -0.25) is 9.59 Å². The molecule has 1 amide bonds. The molecule has 146 valence electrons. The molecule has 1 aliphatic rings. The minimum atomic E-state index is -0.341. The summed E-state index contributed by atoms with van der Waals surface area (Å²) >= 11 is 0. The number of rotatable bonds is 4. The van der Waals surface area contributed by atoms with Crippen molar-refractivity contribution in [2.24, 2.45) is 5.41 Å². The van der Waals surface area contributed by atoms with E-state index in [0.29, 0.717) is 5.56 Å². The van der Waals surface area contributed by atoms with E-state index in [9.17, 15) is 9.59 Å². The van der Waals surface area contributed by atoms with E-state index < -0.39 is 0 Å². The normalized spacial score (nSPS) is 14.4. The number of Topliss-reactive ketones (excluding diaryl/α,β-unsaturated/α-hetero) is 1. The minimum absolute atomic E-state index is 0.152. The lowest BCUT2D eigenvalue weighted by Gasteiger charge is -2.13. The van der Waals surface area contributed by atoms with Crippen molar-refractivity contribution < 1.29 is 9.59 Å². The molecule has 4 heteroatoms. The first-order valence-corrected chi connectivity index (χ1v) is 9.75. The number of hydrogen-bond acceptors (Lipinski definition) is 3. The second kappa shape index (κ2) is 7.21. The van der Waals surface area contributed by atoms with Crippen molar-refractivity contribution >= 4 is 28.8 Å². The highest BCUT2D eigenvalue weighted by Gasteiger charge is 2.37. The van der Waals surface area contributed by atoms with E-state index in [4.69, 9.17) is 0 Å². The molecular weight excluding hydrogens is 360 g/mol. The van der Waals surface area contributed by atoms with E-state index in [1.807, 2.05) is 87.5 Å². The fraction of sp³-hybridized carbons (Fsp3) is 0.200. The van der Waals surface area contributed by atoms with Gasteiger partial charge in [0, 0.05) is 33.6 Å². The van der Waals surface area contributed by atoms with Crippen molar-refractivity contribution in [3.8, 4) is 0 Å². The topological polar surface area (TPSA) is 58.2 Å². The summed E-state index contributed by atoms with van der Waals surface area (Å²) in [5, 5.41) is 6.32. The minimum Gasteiger partial charge on any atom is -0.355 e. The summed E-state index contributed by atoms with van der Waals surface area (Å²) < 4.78 is 0. The first kappa shape index (κ1) is 18.9. The Kier molecular flexibility index (Phi) is 4.71. The highest BCUT2D eigenvalue weighted by atomic mass is 16.1. The number of hydrogen-bond donors (Lipinski definition) is 2. The molecule has 0 saturated carbocycles. The number of carbonyl (C=O) groups is 2. The van der Waals surface area contributed by atoms with E-state index >= 15 is 0 Å². The zero-order valence-electron chi connectivity index (χ0n) is 16.9. The van der Waals surface area contributed by atoms with Gasteiger partial charge in [0.25, 0.3) is 5.91 Å². The maximum Gasteiger partial charge on any atom is 0.255 e. The van der Waals surface area contributed by atoms with Crippen LogP contribution < -0.4 is 10.6 Å². The number of anilines is 3. The number of fused-ring (bicyclic) bond motifs is 1. The smallest absolute Gasteiger partial charge is 0.255 e.